The first-order chi connectivity index (χ1) is 9.83. The minimum absolute atomic E-state index is 0.192. The van der Waals surface area contributed by atoms with E-state index in [2.05, 4.69) is 20.5 Å². The molecule has 3 rings (SSSR count). The van der Waals surface area contributed by atoms with Gasteiger partial charge in [0, 0.05) is 5.69 Å². The predicted octanol–water partition coefficient (Wildman–Crippen LogP) is 2.72. The van der Waals surface area contributed by atoms with Crippen LogP contribution in [0.3, 0.4) is 0 Å². The molecule has 0 atom stereocenters. The summed E-state index contributed by atoms with van der Waals surface area (Å²) in [5.41, 5.74) is 2.95. The summed E-state index contributed by atoms with van der Waals surface area (Å²) in [6.45, 7) is 0. The summed E-state index contributed by atoms with van der Waals surface area (Å²) < 4.78 is 0. The van der Waals surface area contributed by atoms with Crippen LogP contribution < -0.4 is 5.32 Å². The first-order valence-electron chi connectivity index (χ1n) is 6.15. The average Bonchev–Trinajstić information content (AvgIpc) is 3.03. The highest BCUT2D eigenvalue weighted by atomic mass is 16.2. The van der Waals surface area contributed by atoms with Gasteiger partial charge in [-0.25, -0.2) is 4.98 Å². The van der Waals surface area contributed by atoms with Crippen LogP contribution in [0.2, 0.25) is 0 Å². The van der Waals surface area contributed by atoms with Gasteiger partial charge in [-0.15, -0.1) is 0 Å². The van der Waals surface area contributed by atoms with Crippen molar-refractivity contribution < 1.29 is 4.79 Å². The highest BCUT2D eigenvalue weighted by Crippen LogP contribution is 2.21. The van der Waals surface area contributed by atoms with Crippen molar-refractivity contribution in [2.75, 3.05) is 5.32 Å². The van der Waals surface area contributed by atoms with Gasteiger partial charge >= 0.3 is 0 Å². The van der Waals surface area contributed by atoms with Gasteiger partial charge in [0.25, 0.3) is 5.91 Å². The Morgan fingerprint density at radius 2 is 1.65 bits per heavy atom. The van der Waals surface area contributed by atoms with E-state index in [1.807, 2.05) is 54.6 Å². The second-order valence-corrected chi connectivity index (χ2v) is 4.23. The van der Waals surface area contributed by atoms with Gasteiger partial charge in [0.1, 0.15) is 6.33 Å². The molecule has 0 unspecified atom stereocenters. The molecule has 0 fully saturated rings. The molecule has 1 aromatic heterocycles. The van der Waals surface area contributed by atoms with E-state index in [4.69, 9.17) is 0 Å². The molecule has 0 spiro atoms. The van der Waals surface area contributed by atoms with Crippen molar-refractivity contribution >= 4 is 11.6 Å². The molecular weight excluding hydrogens is 252 g/mol. The molecule has 2 N–H and O–H groups in total. The highest BCUT2D eigenvalue weighted by Gasteiger charge is 2.08. The number of amides is 1. The third kappa shape index (κ3) is 2.56. The maximum absolute atomic E-state index is 11.8. The quantitative estimate of drug-likeness (QED) is 0.764. The smallest absolute Gasteiger partial charge is 0.292 e. The molecule has 2 aromatic carbocycles. The Hall–Kier alpha value is -2.95. The minimum atomic E-state index is -0.310. The highest BCUT2D eigenvalue weighted by molar-refractivity contribution is 6.01. The molecule has 1 amide bonds. The molecular formula is C15H12N4O. The second-order valence-electron chi connectivity index (χ2n) is 4.23. The summed E-state index contributed by atoms with van der Waals surface area (Å²) in [5.74, 6) is -0.118. The van der Waals surface area contributed by atoms with Gasteiger partial charge in [0.2, 0.25) is 5.82 Å². The SMILES string of the molecule is O=C(Nc1ccc(-c2ccccc2)cc1)c1ncn[nH]1. The van der Waals surface area contributed by atoms with Gasteiger partial charge in [0.05, 0.1) is 0 Å². The Labute approximate surface area is 115 Å². The van der Waals surface area contributed by atoms with Crippen LogP contribution in [0.25, 0.3) is 11.1 Å². The van der Waals surface area contributed by atoms with E-state index in [0.29, 0.717) is 5.69 Å². The van der Waals surface area contributed by atoms with E-state index >= 15 is 0 Å². The Balaban J connectivity index is 1.75. The first kappa shape index (κ1) is 12.1. The van der Waals surface area contributed by atoms with Crippen LogP contribution in [0, 0.1) is 0 Å². The fourth-order valence-corrected chi connectivity index (χ4v) is 1.88. The van der Waals surface area contributed by atoms with Crippen molar-refractivity contribution in [3.8, 4) is 11.1 Å². The van der Waals surface area contributed by atoms with Crippen molar-refractivity contribution in [1.82, 2.24) is 15.2 Å². The number of carbonyl (C=O) groups is 1. The Morgan fingerprint density at radius 3 is 2.30 bits per heavy atom. The number of rotatable bonds is 3. The molecule has 1 heterocycles. The van der Waals surface area contributed by atoms with Crippen molar-refractivity contribution in [1.29, 1.82) is 0 Å². The molecule has 0 aliphatic rings. The molecule has 5 nitrogen and oxygen atoms in total. The lowest BCUT2D eigenvalue weighted by Gasteiger charge is -2.05. The number of hydrogen-bond donors (Lipinski definition) is 2. The fraction of sp³-hybridized carbons (Fsp3) is 0. The normalized spacial score (nSPS) is 10.2. The van der Waals surface area contributed by atoms with Gasteiger partial charge in [0.15, 0.2) is 0 Å². The largest absolute Gasteiger partial charge is 0.319 e. The Morgan fingerprint density at radius 1 is 0.950 bits per heavy atom. The van der Waals surface area contributed by atoms with E-state index in [1.54, 1.807) is 0 Å². The predicted molar refractivity (Wildman–Crippen MR) is 76.2 cm³/mol. The molecule has 5 heteroatoms. The number of anilines is 1. The zero-order chi connectivity index (χ0) is 13.8. The number of H-pyrrole nitrogens is 1. The van der Waals surface area contributed by atoms with Crippen molar-refractivity contribution in [2.24, 2.45) is 0 Å². The van der Waals surface area contributed by atoms with E-state index in [-0.39, 0.29) is 11.7 Å². The van der Waals surface area contributed by atoms with E-state index in [1.165, 1.54) is 6.33 Å². The molecule has 0 aliphatic carbocycles. The van der Waals surface area contributed by atoms with Crippen LogP contribution in [-0.2, 0) is 0 Å². The van der Waals surface area contributed by atoms with Crippen LogP contribution in [0.4, 0.5) is 5.69 Å². The second kappa shape index (κ2) is 5.36. The number of benzene rings is 2. The van der Waals surface area contributed by atoms with Crippen LogP contribution in [0.1, 0.15) is 10.6 Å². The van der Waals surface area contributed by atoms with Gasteiger partial charge in [-0.2, -0.15) is 5.10 Å². The number of carbonyl (C=O) groups excluding carboxylic acids is 1. The van der Waals surface area contributed by atoms with Crippen molar-refractivity contribution in [3.63, 3.8) is 0 Å². The fourth-order valence-electron chi connectivity index (χ4n) is 1.88. The lowest BCUT2D eigenvalue weighted by Crippen LogP contribution is -2.13. The third-order valence-corrected chi connectivity index (χ3v) is 2.88. The number of nitrogens with zero attached hydrogens (tertiary/aromatic N) is 2. The maximum Gasteiger partial charge on any atom is 0.292 e. The summed E-state index contributed by atoms with van der Waals surface area (Å²) in [5, 5.41) is 8.91. The monoisotopic (exact) mass is 264 g/mol. The van der Waals surface area contributed by atoms with Crippen molar-refractivity contribution in [3.05, 3.63) is 66.7 Å². The summed E-state index contributed by atoms with van der Waals surface area (Å²) in [6.07, 6.45) is 1.30. The van der Waals surface area contributed by atoms with Crippen LogP contribution in [0.5, 0.6) is 0 Å². The maximum atomic E-state index is 11.8. The number of nitrogens with one attached hydrogen (secondary N) is 2. The zero-order valence-electron chi connectivity index (χ0n) is 10.6. The molecule has 0 bridgehead atoms. The van der Waals surface area contributed by atoms with Crippen LogP contribution in [-0.4, -0.2) is 21.1 Å². The number of aromatic amines is 1. The summed E-state index contributed by atoms with van der Waals surface area (Å²) in [6, 6.07) is 17.7. The zero-order valence-corrected chi connectivity index (χ0v) is 10.6. The lowest BCUT2D eigenvalue weighted by atomic mass is 10.1. The van der Waals surface area contributed by atoms with Gasteiger partial charge in [-0.1, -0.05) is 42.5 Å². The van der Waals surface area contributed by atoms with Gasteiger partial charge in [-0.3, -0.25) is 9.89 Å². The number of aromatic nitrogens is 3. The summed E-state index contributed by atoms with van der Waals surface area (Å²) in [4.78, 5) is 15.6. The molecule has 0 saturated carbocycles. The summed E-state index contributed by atoms with van der Waals surface area (Å²) in [7, 11) is 0. The summed E-state index contributed by atoms with van der Waals surface area (Å²) >= 11 is 0. The molecule has 0 aliphatic heterocycles. The van der Waals surface area contributed by atoms with Gasteiger partial charge < -0.3 is 5.32 Å². The first-order valence-corrected chi connectivity index (χ1v) is 6.15. The Kier molecular flexibility index (Phi) is 3.24. The lowest BCUT2D eigenvalue weighted by molar-refractivity contribution is 0.101. The average molecular weight is 264 g/mol. The van der Waals surface area contributed by atoms with Crippen LogP contribution in [0.15, 0.2) is 60.9 Å². The minimum Gasteiger partial charge on any atom is -0.319 e. The molecule has 20 heavy (non-hydrogen) atoms. The number of hydrogen-bond acceptors (Lipinski definition) is 3. The van der Waals surface area contributed by atoms with E-state index in [9.17, 15) is 4.79 Å². The van der Waals surface area contributed by atoms with Gasteiger partial charge in [-0.05, 0) is 23.3 Å². The standard InChI is InChI=1S/C15H12N4O/c20-15(14-16-10-17-19-14)18-13-8-6-12(7-9-13)11-4-2-1-3-5-11/h1-10H,(H,18,20)(H,16,17,19). The molecule has 0 saturated heterocycles. The molecule has 0 radical (unpaired) electrons. The topological polar surface area (TPSA) is 70.7 Å². The van der Waals surface area contributed by atoms with Crippen molar-refractivity contribution in [2.45, 2.75) is 0 Å². The van der Waals surface area contributed by atoms with E-state index in [0.717, 1.165) is 11.1 Å². The molecule has 98 valence electrons. The third-order valence-electron chi connectivity index (χ3n) is 2.88. The van der Waals surface area contributed by atoms with Crippen LogP contribution >= 0.6 is 0 Å². The Bertz CT molecular complexity index is 691. The van der Waals surface area contributed by atoms with E-state index < -0.39 is 0 Å². The molecule has 3 aromatic rings.